The Morgan fingerprint density at radius 1 is 0.412 bits per heavy atom. The van der Waals surface area contributed by atoms with Gasteiger partial charge in [-0.05, 0) is 44.9 Å². The first-order chi connectivity index (χ1) is 39.0. The molecule has 1 amide bonds. The molecule has 0 aromatic rings. The molecule has 0 aliphatic carbocycles. The highest BCUT2D eigenvalue weighted by molar-refractivity contribution is 7.47. The minimum Gasteiger partial charge on any atom is -0.387 e. The van der Waals surface area contributed by atoms with Crippen molar-refractivity contribution in [2.45, 2.75) is 373 Å². The van der Waals surface area contributed by atoms with Gasteiger partial charge in [0.15, 0.2) is 0 Å². The van der Waals surface area contributed by atoms with Crippen LogP contribution >= 0.6 is 7.82 Å². The average Bonchev–Trinajstić information content (AvgIpc) is 3.42. The Balaban J connectivity index is 4.04. The van der Waals surface area contributed by atoms with Crippen molar-refractivity contribution in [1.82, 2.24) is 5.32 Å². The van der Waals surface area contributed by atoms with Crippen molar-refractivity contribution in [3.05, 3.63) is 36.5 Å². The van der Waals surface area contributed by atoms with Crippen LogP contribution in [0.2, 0.25) is 0 Å². The first-order valence-corrected chi connectivity index (χ1v) is 36.9. The van der Waals surface area contributed by atoms with E-state index in [1.54, 1.807) is 6.08 Å². The number of rotatable bonds is 66. The number of hydrogen-bond acceptors (Lipinski definition) is 5. The van der Waals surface area contributed by atoms with E-state index in [4.69, 9.17) is 9.05 Å². The van der Waals surface area contributed by atoms with Gasteiger partial charge in [0.2, 0.25) is 5.91 Å². The number of nitrogens with zero attached hydrogens (tertiary/aromatic N) is 1. The average molecular weight is 1150 g/mol. The monoisotopic (exact) mass is 1150 g/mol. The van der Waals surface area contributed by atoms with Crippen molar-refractivity contribution >= 4 is 13.7 Å². The van der Waals surface area contributed by atoms with Crippen LogP contribution in [0.5, 0.6) is 0 Å². The molecule has 474 valence electrons. The number of phosphoric acid groups is 1. The van der Waals surface area contributed by atoms with Crippen LogP contribution < -0.4 is 5.32 Å². The maximum Gasteiger partial charge on any atom is 0.472 e. The van der Waals surface area contributed by atoms with Crippen molar-refractivity contribution in [1.29, 1.82) is 0 Å². The summed E-state index contributed by atoms with van der Waals surface area (Å²) in [5.74, 6) is -0.183. The molecule has 0 radical (unpaired) electrons. The number of amides is 1. The topological polar surface area (TPSA) is 105 Å². The van der Waals surface area contributed by atoms with Crippen LogP contribution in [0.3, 0.4) is 0 Å². The van der Waals surface area contributed by atoms with Gasteiger partial charge in [0.05, 0.1) is 39.9 Å². The second-order valence-electron chi connectivity index (χ2n) is 25.6. The highest BCUT2D eigenvalue weighted by Crippen LogP contribution is 2.43. The number of phosphoric ester groups is 1. The molecule has 3 atom stereocenters. The summed E-state index contributed by atoms with van der Waals surface area (Å²) in [6.45, 7) is 4.85. The molecule has 0 aliphatic rings. The molecule has 0 bridgehead atoms. The number of aliphatic hydroxyl groups is 1. The fraction of sp³-hybridized carbons (Fsp3) is 0.901. The second-order valence-corrected chi connectivity index (χ2v) is 27.1. The molecule has 8 nitrogen and oxygen atoms in total. The fourth-order valence-electron chi connectivity index (χ4n) is 10.8. The summed E-state index contributed by atoms with van der Waals surface area (Å²) < 4.78 is 23.8. The molecule has 80 heavy (non-hydrogen) atoms. The van der Waals surface area contributed by atoms with Gasteiger partial charge in [0.25, 0.3) is 0 Å². The first-order valence-electron chi connectivity index (χ1n) is 35.4. The van der Waals surface area contributed by atoms with Crippen LogP contribution in [-0.2, 0) is 18.4 Å². The minimum absolute atomic E-state index is 0.0554. The number of nitrogens with one attached hydrogen (secondary N) is 1. The summed E-state index contributed by atoms with van der Waals surface area (Å²) >= 11 is 0. The molecule has 0 rings (SSSR count). The molecule has 0 aliphatic heterocycles. The first kappa shape index (κ1) is 78.7. The summed E-state index contributed by atoms with van der Waals surface area (Å²) in [4.78, 5) is 23.4. The van der Waals surface area contributed by atoms with Crippen LogP contribution in [-0.4, -0.2) is 73.4 Å². The van der Waals surface area contributed by atoms with Crippen LogP contribution in [0, 0.1) is 0 Å². The third-order valence-electron chi connectivity index (χ3n) is 16.3. The SMILES string of the molecule is CCCCCCCCCCCCCCCC/C=C/CC/C=C/CC/C=C/C(O)C(COP(=O)(O)OCC[N+](C)(C)C)NC(=O)CCCCCCCCCCCCCCCCCCCCCCCCCCCCCCCCCCCC. The maximum absolute atomic E-state index is 13.0. The lowest BCUT2D eigenvalue weighted by molar-refractivity contribution is -0.870. The number of allylic oxidation sites excluding steroid dienone is 5. The summed E-state index contributed by atoms with van der Waals surface area (Å²) in [6, 6.07) is -0.869. The molecule has 3 unspecified atom stereocenters. The van der Waals surface area contributed by atoms with Gasteiger partial charge >= 0.3 is 7.82 Å². The number of aliphatic hydroxyl groups excluding tert-OH is 1. The van der Waals surface area contributed by atoms with Gasteiger partial charge in [0.1, 0.15) is 13.2 Å². The quantitative estimate of drug-likeness (QED) is 0.0243. The summed E-state index contributed by atoms with van der Waals surface area (Å²) in [6.07, 6.45) is 83.1. The molecular formula is C71H140N2O6P+. The third kappa shape index (κ3) is 64.3. The largest absolute Gasteiger partial charge is 0.472 e. The van der Waals surface area contributed by atoms with E-state index in [2.05, 4.69) is 43.5 Å². The highest BCUT2D eigenvalue weighted by Gasteiger charge is 2.28. The molecular weight excluding hydrogens is 1010 g/mol. The normalized spacial score (nSPS) is 13.8. The van der Waals surface area contributed by atoms with E-state index in [0.29, 0.717) is 17.4 Å². The second kappa shape index (κ2) is 62.3. The number of hydrogen-bond donors (Lipinski definition) is 3. The van der Waals surface area contributed by atoms with Gasteiger partial charge in [-0.15, -0.1) is 0 Å². The molecule has 0 spiro atoms. The molecule has 0 aromatic carbocycles. The zero-order valence-electron chi connectivity index (χ0n) is 54.3. The fourth-order valence-corrected chi connectivity index (χ4v) is 11.6. The van der Waals surface area contributed by atoms with E-state index >= 15 is 0 Å². The highest BCUT2D eigenvalue weighted by atomic mass is 31.2. The molecule has 0 heterocycles. The maximum atomic E-state index is 13.0. The van der Waals surface area contributed by atoms with Crippen molar-refractivity contribution in [2.75, 3.05) is 40.9 Å². The van der Waals surface area contributed by atoms with Crippen molar-refractivity contribution < 1.29 is 32.9 Å². The molecule has 0 fully saturated rings. The Hall–Kier alpha value is -1.28. The lowest BCUT2D eigenvalue weighted by atomic mass is 10.0. The summed E-state index contributed by atoms with van der Waals surface area (Å²) in [5.41, 5.74) is 0. The summed E-state index contributed by atoms with van der Waals surface area (Å²) in [5, 5.41) is 14.0. The van der Waals surface area contributed by atoms with Gasteiger partial charge in [-0.1, -0.05) is 346 Å². The van der Waals surface area contributed by atoms with Gasteiger partial charge in [0, 0.05) is 6.42 Å². The van der Waals surface area contributed by atoms with E-state index in [0.717, 1.165) is 44.9 Å². The number of unbranched alkanes of at least 4 members (excludes halogenated alkanes) is 49. The Morgan fingerprint density at radius 3 is 1.00 bits per heavy atom. The van der Waals surface area contributed by atoms with Gasteiger partial charge in [-0.25, -0.2) is 4.57 Å². The predicted molar refractivity (Wildman–Crippen MR) is 351 cm³/mol. The van der Waals surface area contributed by atoms with Gasteiger partial charge < -0.3 is 19.8 Å². The van der Waals surface area contributed by atoms with E-state index in [1.165, 1.54) is 295 Å². The van der Waals surface area contributed by atoms with Crippen molar-refractivity contribution in [2.24, 2.45) is 0 Å². The van der Waals surface area contributed by atoms with Gasteiger partial charge in [-0.3, -0.25) is 13.8 Å². The zero-order valence-corrected chi connectivity index (χ0v) is 55.2. The predicted octanol–water partition coefficient (Wildman–Crippen LogP) is 22.4. The third-order valence-corrected chi connectivity index (χ3v) is 17.3. The zero-order chi connectivity index (χ0) is 58.4. The Kier molecular flexibility index (Phi) is 61.3. The van der Waals surface area contributed by atoms with Crippen molar-refractivity contribution in [3.63, 3.8) is 0 Å². The molecule has 9 heteroatoms. The lowest BCUT2D eigenvalue weighted by Gasteiger charge is -2.25. The number of carbonyl (C=O) groups is 1. The van der Waals surface area contributed by atoms with E-state index in [9.17, 15) is 19.4 Å². The molecule has 0 saturated heterocycles. The number of quaternary nitrogens is 1. The smallest absolute Gasteiger partial charge is 0.387 e. The molecule has 0 aromatic heterocycles. The van der Waals surface area contributed by atoms with E-state index in [-0.39, 0.29) is 19.1 Å². The van der Waals surface area contributed by atoms with Crippen LogP contribution in [0.4, 0.5) is 0 Å². The number of carbonyl (C=O) groups excluding carboxylic acids is 1. The summed E-state index contributed by atoms with van der Waals surface area (Å²) in [7, 11) is 1.56. The minimum atomic E-state index is -4.36. The molecule has 0 saturated carbocycles. The van der Waals surface area contributed by atoms with E-state index < -0.39 is 20.0 Å². The van der Waals surface area contributed by atoms with Crippen molar-refractivity contribution in [3.8, 4) is 0 Å². The van der Waals surface area contributed by atoms with Crippen LogP contribution in [0.25, 0.3) is 0 Å². The van der Waals surface area contributed by atoms with Crippen LogP contribution in [0.15, 0.2) is 36.5 Å². The molecule has 3 N–H and O–H groups in total. The number of likely N-dealkylation sites (N-methyl/N-ethyl adjacent to an activating group) is 1. The Morgan fingerprint density at radius 2 is 0.688 bits per heavy atom. The standard InChI is InChI=1S/C71H139N2O6P/c1-6-8-10-12-14-16-18-20-22-24-26-28-30-32-33-34-35-36-37-38-39-40-41-43-45-47-49-51-53-55-57-59-61-63-65-71(75)72-69(68-79-80(76,77)78-67-66-73(3,4)5)70(74)64-62-60-58-56-54-52-50-48-46-44-42-31-29-27-25-23-21-19-17-15-13-11-9-7-2/h46,48,54,56,62,64,69-70,74H,6-45,47,49-53,55,57-61,63,65-68H2,1-5H3,(H-,72,75,76,77)/p+1/b48-46+,56-54+,64-62+. The van der Waals surface area contributed by atoms with E-state index in [1.807, 2.05) is 27.2 Å². The van der Waals surface area contributed by atoms with Gasteiger partial charge in [-0.2, -0.15) is 0 Å². The Bertz CT molecular complexity index is 1400. The Labute approximate surface area is 499 Å². The van der Waals surface area contributed by atoms with Crippen LogP contribution in [0.1, 0.15) is 361 Å². The lowest BCUT2D eigenvalue weighted by Crippen LogP contribution is -2.45.